The van der Waals surface area contributed by atoms with Crippen LogP contribution < -0.4 is 14.4 Å². The van der Waals surface area contributed by atoms with Crippen molar-refractivity contribution < 1.29 is 23.0 Å². The van der Waals surface area contributed by atoms with Crippen molar-refractivity contribution in [2.45, 2.75) is 44.1 Å². The molecule has 0 amide bonds. The minimum absolute atomic E-state index is 0.000545. The number of esters is 1. The largest absolute Gasteiger partial charge is 0.461 e. The molecule has 0 aliphatic carbocycles. The van der Waals surface area contributed by atoms with Crippen molar-refractivity contribution in [1.82, 2.24) is 19.9 Å². The van der Waals surface area contributed by atoms with E-state index in [9.17, 15) is 4.79 Å². The van der Waals surface area contributed by atoms with Gasteiger partial charge >= 0.3 is 12.0 Å². The molecule has 3 saturated heterocycles. The molecule has 2 aromatic heterocycles. The van der Waals surface area contributed by atoms with Crippen LogP contribution in [0.3, 0.4) is 0 Å². The molecule has 0 bridgehead atoms. The smallest absolute Gasteiger partial charge is 0.319 e. The van der Waals surface area contributed by atoms with Crippen molar-refractivity contribution in [2.75, 3.05) is 37.7 Å². The minimum Gasteiger partial charge on any atom is -0.461 e. The number of ether oxygens (including phenoxy) is 2. The molecule has 9 nitrogen and oxygen atoms in total. The van der Waals surface area contributed by atoms with Crippen LogP contribution in [0.25, 0.3) is 32.9 Å². The lowest BCUT2D eigenvalue weighted by atomic mass is 9.95. The lowest BCUT2D eigenvalue weighted by Gasteiger charge is -2.33. The molecule has 0 N–H and O–H groups in total. The first-order chi connectivity index (χ1) is 23.9. The number of halogens is 2. The Kier molecular flexibility index (Phi) is 8.04. The molecule has 0 radical (unpaired) electrons. The first kappa shape index (κ1) is 31.1. The number of carbonyl (C=O) groups is 1. The molecule has 3 aliphatic rings. The number of hydrogen-bond donors (Lipinski definition) is 0. The lowest BCUT2D eigenvalue weighted by molar-refractivity contribution is -0.139. The number of aromatic nitrogens is 3. The van der Waals surface area contributed by atoms with Gasteiger partial charge in [-0.25, -0.2) is 8.78 Å². The zero-order chi connectivity index (χ0) is 33.5. The summed E-state index contributed by atoms with van der Waals surface area (Å²) >= 11 is 0. The van der Waals surface area contributed by atoms with Gasteiger partial charge in [0.1, 0.15) is 35.2 Å². The maximum absolute atomic E-state index is 16.7. The van der Waals surface area contributed by atoms with Gasteiger partial charge in [0.2, 0.25) is 0 Å². The minimum atomic E-state index is -0.677. The van der Waals surface area contributed by atoms with E-state index < -0.39 is 11.6 Å². The number of pyridine rings is 1. The van der Waals surface area contributed by atoms with E-state index in [0.717, 1.165) is 38.8 Å². The summed E-state index contributed by atoms with van der Waals surface area (Å²) in [6.45, 7) is 3.43. The molecular formula is C38H34F2N6O3. The third-order valence-corrected chi connectivity index (χ3v) is 10.4. The zero-order valence-electron chi connectivity index (χ0n) is 26.9. The van der Waals surface area contributed by atoms with E-state index in [1.54, 1.807) is 60.8 Å². The van der Waals surface area contributed by atoms with Crippen molar-refractivity contribution in [3.8, 4) is 29.1 Å². The van der Waals surface area contributed by atoms with Gasteiger partial charge in [0.25, 0.3) is 0 Å². The summed E-state index contributed by atoms with van der Waals surface area (Å²) in [6.07, 6.45) is 6.84. The molecule has 49 heavy (non-hydrogen) atoms. The fourth-order valence-electron chi connectivity index (χ4n) is 7.79. The third kappa shape index (κ3) is 5.70. The Balaban J connectivity index is 1.12. The molecule has 8 rings (SSSR count). The molecule has 3 aromatic carbocycles. The predicted octanol–water partition coefficient (Wildman–Crippen LogP) is 6.82. The summed E-state index contributed by atoms with van der Waals surface area (Å²) in [5, 5.41) is 10.4. The topological polar surface area (TPSA) is 104 Å². The number of anilines is 1. The fourth-order valence-corrected chi connectivity index (χ4v) is 7.79. The van der Waals surface area contributed by atoms with Gasteiger partial charge in [-0.05, 0) is 87.3 Å². The summed E-state index contributed by atoms with van der Waals surface area (Å²) in [5.41, 5.74) is 0.812. The zero-order valence-corrected chi connectivity index (χ0v) is 26.9. The molecular weight excluding hydrogens is 626 g/mol. The highest BCUT2D eigenvalue weighted by Crippen LogP contribution is 2.40. The highest BCUT2D eigenvalue weighted by molar-refractivity contribution is 5.99. The van der Waals surface area contributed by atoms with Crippen molar-refractivity contribution in [3.05, 3.63) is 84.1 Å². The summed E-state index contributed by atoms with van der Waals surface area (Å²) in [5.74, 6) is -0.941. The number of carbonyl (C=O) groups excluding carboxylic acids is 1. The summed E-state index contributed by atoms with van der Waals surface area (Å²) in [7, 11) is 0. The number of rotatable bonds is 7. The van der Waals surface area contributed by atoms with Gasteiger partial charge in [0.15, 0.2) is 5.82 Å². The standard InChI is InChI=1S/C38H34F2N6O3/c39-30-8-2-6-25-5-1-7-28(31(25)30)33-32(40)34-29(22-42-33)35(44-37(43-34)48-23-38-15-3-17-46(38)18-4-16-38)45-19-13-26(14-20-45)36(47)49-27-11-9-24(21-41)10-12-27/h1-2,5-12,22,26H,3-4,13-20,23H2. The molecule has 5 aromatic rings. The van der Waals surface area contributed by atoms with Crippen molar-refractivity contribution in [1.29, 1.82) is 5.26 Å². The highest BCUT2D eigenvalue weighted by atomic mass is 19.1. The maximum atomic E-state index is 16.7. The molecule has 3 aliphatic heterocycles. The van der Waals surface area contributed by atoms with Crippen LogP contribution >= 0.6 is 0 Å². The van der Waals surface area contributed by atoms with E-state index in [0.29, 0.717) is 66.0 Å². The molecule has 0 saturated carbocycles. The van der Waals surface area contributed by atoms with Crippen LogP contribution in [0.5, 0.6) is 11.8 Å². The van der Waals surface area contributed by atoms with E-state index in [1.165, 1.54) is 6.07 Å². The molecule has 5 heterocycles. The summed E-state index contributed by atoms with van der Waals surface area (Å²) < 4.78 is 43.7. The maximum Gasteiger partial charge on any atom is 0.319 e. The number of fused-ring (bicyclic) bond motifs is 3. The van der Waals surface area contributed by atoms with Gasteiger partial charge in [0, 0.05) is 30.2 Å². The fraction of sp³-hybridized carbons (Fsp3) is 0.342. The monoisotopic (exact) mass is 660 g/mol. The van der Waals surface area contributed by atoms with E-state index in [1.807, 2.05) is 4.90 Å². The number of piperidine rings is 1. The van der Waals surface area contributed by atoms with Crippen molar-refractivity contribution >= 4 is 33.5 Å². The van der Waals surface area contributed by atoms with Crippen LogP contribution in [-0.2, 0) is 4.79 Å². The van der Waals surface area contributed by atoms with Crippen LogP contribution in [0.15, 0.2) is 66.9 Å². The SMILES string of the molecule is N#Cc1ccc(OC(=O)C2CCN(c3nc(OCC45CCCN4CCC5)nc4c(F)c(-c5cccc6cccc(F)c56)ncc34)CC2)cc1. The van der Waals surface area contributed by atoms with Gasteiger partial charge in [0.05, 0.1) is 28.5 Å². The van der Waals surface area contributed by atoms with Gasteiger partial charge in [-0.1, -0.05) is 30.3 Å². The first-order valence-electron chi connectivity index (χ1n) is 16.8. The van der Waals surface area contributed by atoms with E-state index in [-0.39, 0.29) is 40.0 Å². The third-order valence-electron chi connectivity index (χ3n) is 10.4. The second-order valence-corrected chi connectivity index (χ2v) is 13.2. The molecule has 0 unspecified atom stereocenters. The molecule has 3 fully saturated rings. The Morgan fingerprint density at radius 2 is 1.69 bits per heavy atom. The van der Waals surface area contributed by atoms with Crippen LogP contribution in [0.2, 0.25) is 0 Å². The van der Waals surface area contributed by atoms with Crippen LogP contribution in [0, 0.1) is 28.9 Å². The van der Waals surface area contributed by atoms with E-state index >= 15 is 8.78 Å². The number of hydrogen-bond acceptors (Lipinski definition) is 9. The van der Waals surface area contributed by atoms with Crippen molar-refractivity contribution in [2.24, 2.45) is 5.92 Å². The predicted molar refractivity (Wildman–Crippen MR) is 180 cm³/mol. The van der Waals surface area contributed by atoms with E-state index in [4.69, 9.17) is 19.7 Å². The molecule has 248 valence electrons. The Labute approximate surface area is 282 Å². The number of benzene rings is 3. The Morgan fingerprint density at radius 3 is 2.43 bits per heavy atom. The molecule has 0 spiro atoms. The summed E-state index contributed by atoms with van der Waals surface area (Å²) in [6, 6.07) is 18.5. The summed E-state index contributed by atoms with van der Waals surface area (Å²) in [4.78, 5) is 31.5. The number of nitrogens with zero attached hydrogens (tertiary/aromatic N) is 6. The molecule has 11 heteroatoms. The van der Waals surface area contributed by atoms with Gasteiger partial charge < -0.3 is 14.4 Å². The van der Waals surface area contributed by atoms with Crippen LogP contribution in [0.1, 0.15) is 44.1 Å². The number of nitriles is 1. The molecule has 0 atom stereocenters. The highest BCUT2D eigenvalue weighted by Gasteiger charge is 2.45. The average molecular weight is 661 g/mol. The Morgan fingerprint density at radius 1 is 0.959 bits per heavy atom. The first-order valence-corrected chi connectivity index (χ1v) is 16.8. The Bertz CT molecular complexity index is 2090. The van der Waals surface area contributed by atoms with Crippen LogP contribution in [-0.4, -0.2) is 64.1 Å². The van der Waals surface area contributed by atoms with E-state index in [2.05, 4.69) is 20.9 Å². The second-order valence-electron chi connectivity index (χ2n) is 13.2. The quantitative estimate of drug-likeness (QED) is 0.137. The van der Waals surface area contributed by atoms with Gasteiger partial charge in [-0.3, -0.25) is 14.7 Å². The van der Waals surface area contributed by atoms with Crippen molar-refractivity contribution in [3.63, 3.8) is 0 Å². The normalized spacial score (nSPS) is 17.7. The van der Waals surface area contributed by atoms with Crippen LogP contribution in [0.4, 0.5) is 14.6 Å². The lowest BCUT2D eigenvalue weighted by Crippen LogP contribution is -2.43. The van der Waals surface area contributed by atoms with Gasteiger partial charge in [-0.2, -0.15) is 15.2 Å². The Hall–Kier alpha value is -5.21. The second kappa shape index (κ2) is 12.7. The van der Waals surface area contributed by atoms with Gasteiger partial charge in [-0.15, -0.1) is 0 Å². The average Bonchev–Trinajstić information content (AvgIpc) is 3.72.